The molecule has 0 spiro atoms. The van der Waals surface area contributed by atoms with Crippen molar-refractivity contribution in [3.63, 3.8) is 0 Å². The van der Waals surface area contributed by atoms with Crippen LogP contribution in [-0.4, -0.2) is 11.9 Å². The molecule has 0 heterocycles. The maximum Gasteiger partial charge on any atom is 0.123 e. The van der Waals surface area contributed by atoms with Crippen molar-refractivity contribution in [2.45, 2.75) is 31.8 Å². The second-order valence-electron chi connectivity index (χ2n) is 4.68. The summed E-state index contributed by atoms with van der Waals surface area (Å²) in [6, 6.07) is 6.58. The highest BCUT2D eigenvalue weighted by Crippen LogP contribution is 2.28. The van der Waals surface area contributed by atoms with Crippen LogP contribution in [0, 0.1) is 11.7 Å². The van der Waals surface area contributed by atoms with Gasteiger partial charge in [0.25, 0.3) is 0 Å². The number of hydrogen-bond donors (Lipinski definition) is 0. The van der Waals surface area contributed by atoms with Crippen LogP contribution in [0.25, 0.3) is 0 Å². The van der Waals surface area contributed by atoms with Crippen LogP contribution in [0.5, 0.6) is 0 Å². The summed E-state index contributed by atoms with van der Waals surface area (Å²) in [6.45, 7) is 0.827. The highest BCUT2D eigenvalue weighted by Gasteiger charge is 2.18. The molecular formula is C14H18BrFO. The average molecular weight is 301 g/mol. The van der Waals surface area contributed by atoms with Crippen LogP contribution in [0.15, 0.2) is 24.3 Å². The molecule has 0 amide bonds. The molecule has 2 rings (SSSR count). The molecule has 1 fully saturated rings. The fraction of sp³-hybridized carbons (Fsp3) is 0.571. The van der Waals surface area contributed by atoms with E-state index in [-0.39, 0.29) is 11.9 Å². The Labute approximate surface area is 110 Å². The Bertz CT molecular complexity index is 333. The molecule has 0 bridgehead atoms. The lowest BCUT2D eigenvalue weighted by atomic mass is 10.1. The summed E-state index contributed by atoms with van der Waals surface area (Å²) in [5.74, 6) is 0.523. The summed E-state index contributed by atoms with van der Waals surface area (Å²) in [5.41, 5.74) is 1.04. The smallest absolute Gasteiger partial charge is 0.123 e. The summed E-state index contributed by atoms with van der Waals surface area (Å²) in [6.07, 6.45) is 5.29. The highest BCUT2D eigenvalue weighted by molar-refractivity contribution is 9.09. The second-order valence-corrected chi connectivity index (χ2v) is 5.33. The molecule has 1 aromatic rings. The Kier molecular flexibility index (Phi) is 4.99. The Morgan fingerprint density at radius 1 is 1.24 bits per heavy atom. The van der Waals surface area contributed by atoms with Crippen molar-refractivity contribution in [3.05, 3.63) is 35.6 Å². The molecule has 1 unspecified atom stereocenters. The standard InChI is InChI=1S/C14H18BrFO/c15-9-14(12-5-7-13(16)8-6-12)17-10-11-3-1-2-4-11/h5-8,11,14H,1-4,9-10H2. The monoisotopic (exact) mass is 300 g/mol. The zero-order chi connectivity index (χ0) is 12.1. The Morgan fingerprint density at radius 2 is 1.88 bits per heavy atom. The first-order valence-corrected chi connectivity index (χ1v) is 7.35. The molecular weight excluding hydrogens is 283 g/mol. The van der Waals surface area contributed by atoms with Crippen molar-refractivity contribution in [2.75, 3.05) is 11.9 Å². The van der Waals surface area contributed by atoms with E-state index in [1.54, 1.807) is 12.1 Å². The summed E-state index contributed by atoms with van der Waals surface area (Å²) in [7, 11) is 0. The van der Waals surface area contributed by atoms with Gasteiger partial charge in [-0.2, -0.15) is 0 Å². The summed E-state index contributed by atoms with van der Waals surface area (Å²) in [4.78, 5) is 0. The van der Waals surface area contributed by atoms with Crippen molar-refractivity contribution >= 4 is 15.9 Å². The third-order valence-corrected chi connectivity index (χ3v) is 3.98. The van der Waals surface area contributed by atoms with Crippen LogP contribution in [0.4, 0.5) is 4.39 Å². The molecule has 3 heteroatoms. The fourth-order valence-electron chi connectivity index (χ4n) is 2.34. The third kappa shape index (κ3) is 3.78. The predicted octanol–water partition coefficient (Wildman–Crippen LogP) is 4.47. The minimum atomic E-state index is -0.196. The SMILES string of the molecule is Fc1ccc(C(CBr)OCC2CCCC2)cc1. The number of rotatable bonds is 5. The van der Waals surface area contributed by atoms with Gasteiger partial charge in [-0.15, -0.1) is 0 Å². The Hall–Kier alpha value is -0.410. The number of benzene rings is 1. The van der Waals surface area contributed by atoms with E-state index in [4.69, 9.17) is 4.74 Å². The lowest BCUT2D eigenvalue weighted by molar-refractivity contribution is 0.0444. The van der Waals surface area contributed by atoms with Crippen LogP contribution in [-0.2, 0) is 4.74 Å². The maximum atomic E-state index is 12.8. The minimum Gasteiger partial charge on any atom is -0.372 e. The van der Waals surface area contributed by atoms with Gasteiger partial charge in [0.2, 0.25) is 0 Å². The molecule has 1 saturated carbocycles. The molecule has 1 atom stereocenters. The summed E-state index contributed by atoms with van der Waals surface area (Å²) in [5, 5.41) is 0.755. The maximum absolute atomic E-state index is 12.8. The predicted molar refractivity (Wildman–Crippen MR) is 70.8 cm³/mol. The van der Waals surface area contributed by atoms with E-state index >= 15 is 0 Å². The van der Waals surface area contributed by atoms with Crippen molar-refractivity contribution < 1.29 is 9.13 Å². The fourth-order valence-corrected chi connectivity index (χ4v) is 2.90. The molecule has 0 aliphatic heterocycles. The van der Waals surface area contributed by atoms with Crippen LogP contribution >= 0.6 is 15.9 Å². The van der Waals surface area contributed by atoms with Crippen molar-refractivity contribution in [3.8, 4) is 0 Å². The van der Waals surface area contributed by atoms with E-state index in [0.717, 1.165) is 23.4 Å². The quantitative estimate of drug-likeness (QED) is 0.729. The lowest BCUT2D eigenvalue weighted by Gasteiger charge is -2.18. The van der Waals surface area contributed by atoms with Crippen LogP contribution in [0.2, 0.25) is 0 Å². The third-order valence-electron chi connectivity index (χ3n) is 3.39. The highest BCUT2D eigenvalue weighted by atomic mass is 79.9. The molecule has 0 radical (unpaired) electrons. The van der Waals surface area contributed by atoms with E-state index in [1.165, 1.54) is 37.8 Å². The van der Waals surface area contributed by atoms with Gasteiger partial charge in [0, 0.05) is 5.33 Å². The first kappa shape index (κ1) is 13.0. The van der Waals surface area contributed by atoms with Gasteiger partial charge in [-0.25, -0.2) is 4.39 Å². The molecule has 1 aliphatic carbocycles. The van der Waals surface area contributed by atoms with Crippen molar-refractivity contribution in [1.82, 2.24) is 0 Å². The molecule has 1 nitrogen and oxygen atoms in total. The largest absolute Gasteiger partial charge is 0.372 e. The Balaban J connectivity index is 1.89. The number of ether oxygens (including phenoxy) is 1. The zero-order valence-electron chi connectivity index (χ0n) is 9.87. The van der Waals surface area contributed by atoms with Gasteiger partial charge in [-0.1, -0.05) is 40.9 Å². The molecule has 17 heavy (non-hydrogen) atoms. The van der Waals surface area contributed by atoms with Crippen LogP contribution in [0.3, 0.4) is 0 Å². The van der Waals surface area contributed by atoms with Gasteiger partial charge in [0.15, 0.2) is 0 Å². The number of hydrogen-bond acceptors (Lipinski definition) is 1. The van der Waals surface area contributed by atoms with Gasteiger partial charge in [-0.3, -0.25) is 0 Å². The minimum absolute atomic E-state index is 0.0381. The van der Waals surface area contributed by atoms with Gasteiger partial charge < -0.3 is 4.74 Å². The zero-order valence-corrected chi connectivity index (χ0v) is 11.5. The first-order chi connectivity index (χ1) is 8.29. The topological polar surface area (TPSA) is 9.23 Å². The van der Waals surface area contributed by atoms with Crippen LogP contribution < -0.4 is 0 Å². The molecule has 94 valence electrons. The van der Waals surface area contributed by atoms with E-state index in [1.807, 2.05) is 0 Å². The summed E-state index contributed by atoms with van der Waals surface area (Å²) < 4.78 is 18.8. The van der Waals surface area contributed by atoms with E-state index in [0.29, 0.717) is 0 Å². The molecule has 1 aliphatic rings. The first-order valence-electron chi connectivity index (χ1n) is 6.22. The molecule has 0 N–H and O–H groups in total. The van der Waals surface area contributed by atoms with Gasteiger partial charge in [-0.05, 0) is 36.5 Å². The summed E-state index contributed by atoms with van der Waals surface area (Å²) >= 11 is 3.46. The van der Waals surface area contributed by atoms with Crippen molar-refractivity contribution in [1.29, 1.82) is 0 Å². The second kappa shape index (κ2) is 6.50. The number of halogens is 2. The van der Waals surface area contributed by atoms with Gasteiger partial charge in [0.05, 0.1) is 12.7 Å². The van der Waals surface area contributed by atoms with Gasteiger partial charge in [0.1, 0.15) is 5.82 Å². The number of alkyl halides is 1. The average Bonchev–Trinajstić information content (AvgIpc) is 2.85. The Morgan fingerprint density at radius 3 is 2.47 bits per heavy atom. The normalized spacial score (nSPS) is 18.5. The lowest BCUT2D eigenvalue weighted by Crippen LogP contribution is -2.12. The van der Waals surface area contributed by atoms with E-state index in [9.17, 15) is 4.39 Å². The van der Waals surface area contributed by atoms with E-state index < -0.39 is 0 Å². The molecule has 0 saturated heterocycles. The van der Waals surface area contributed by atoms with Crippen LogP contribution in [0.1, 0.15) is 37.4 Å². The molecule has 1 aromatic carbocycles. The molecule has 0 aromatic heterocycles. The van der Waals surface area contributed by atoms with Crippen molar-refractivity contribution in [2.24, 2.45) is 5.92 Å². The van der Waals surface area contributed by atoms with E-state index in [2.05, 4.69) is 15.9 Å². The van der Waals surface area contributed by atoms with Gasteiger partial charge >= 0.3 is 0 Å².